The van der Waals surface area contributed by atoms with Crippen molar-refractivity contribution in [1.82, 2.24) is 0 Å². The first-order valence-electron chi connectivity index (χ1n) is 6.17. The normalized spacial score (nSPS) is 15.8. The SMILES string of the molecule is C=CCCC(O)CN1CCOc2cccc(F)c21. The van der Waals surface area contributed by atoms with E-state index in [1.54, 1.807) is 18.2 Å². The van der Waals surface area contributed by atoms with Crippen LogP contribution in [0.25, 0.3) is 0 Å². The van der Waals surface area contributed by atoms with E-state index in [0.717, 1.165) is 6.42 Å². The second-order valence-electron chi connectivity index (χ2n) is 4.40. The number of para-hydroxylation sites is 1. The fraction of sp³-hybridized carbons (Fsp3) is 0.429. The summed E-state index contributed by atoms with van der Waals surface area (Å²) in [5, 5.41) is 9.90. The van der Waals surface area contributed by atoms with Crippen molar-refractivity contribution in [2.75, 3.05) is 24.6 Å². The predicted molar refractivity (Wildman–Crippen MR) is 69.5 cm³/mol. The molecule has 0 radical (unpaired) electrons. The van der Waals surface area contributed by atoms with E-state index < -0.39 is 6.10 Å². The summed E-state index contributed by atoms with van der Waals surface area (Å²) < 4.78 is 19.2. The molecule has 4 heteroatoms. The highest BCUT2D eigenvalue weighted by Gasteiger charge is 2.23. The van der Waals surface area contributed by atoms with E-state index >= 15 is 0 Å². The van der Waals surface area contributed by atoms with Gasteiger partial charge in [0.25, 0.3) is 0 Å². The zero-order valence-corrected chi connectivity index (χ0v) is 10.3. The van der Waals surface area contributed by atoms with Crippen LogP contribution in [-0.2, 0) is 0 Å². The van der Waals surface area contributed by atoms with Crippen molar-refractivity contribution in [2.45, 2.75) is 18.9 Å². The quantitative estimate of drug-likeness (QED) is 0.815. The molecule has 0 aromatic heterocycles. The van der Waals surface area contributed by atoms with Crippen molar-refractivity contribution in [3.63, 3.8) is 0 Å². The Morgan fingerprint density at radius 1 is 1.56 bits per heavy atom. The molecule has 1 aromatic carbocycles. The maximum Gasteiger partial charge on any atom is 0.150 e. The molecular weight excluding hydrogens is 233 g/mol. The van der Waals surface area contributed by atoms with Gasteiger partial charge in [0.2, 0.25) is 0 Å². The molecule has 1 unspecified atom stereocenters. The van der Waals surface area contributed by atoms with E-state index in [-0.39, 0.29) is 5.82 Å². The lowest BCUT2D eigenvalue weighted by atomic mass is 10.1. The van der Waals surface area contributed by atoms with Gasteiger partial charge in [0, 0.05) is 6.54 Å². The van der Waals surface area contributed by atoms with Gasteiger partial charge in [-0.25, -0.2) is 4.39 Å². The van der Waals surface area contributed by atoms with Crippen LogP contribution in [0.5, 0.6) is 5.75 Å². The first kappa shape index (κ1) is 12.9. The third kappa shape index (κ3) is 2.82. The van der Waals surface area contributed by atoms with Crippen molar-refractivity contribution in [3.05, 3.63) is 36.7 Å². The summed E-state index contributed by atoms with van der Waals surface area (Å²) in [6, 6.07) is 4.79. The van der Waals surface area contributed by atoms with Gasteiger partial charge in [0.1, 0.15) is 23.9 Å². The van der Waals surface area contributed by atoms with E-state index in [4.69, 9.17) is 4.74 Å². The van der Waals surface area contributed by atoms with E-state index in [1.165, 1.54) is 6.07 Å². The average Bonchev–Trinajstić information content (AvgIpc) is 2.37. The molecule has 0 fully saturated rings. The van der Waals surface area contributed by atoms with Crippen LogP contribution in [0.2, 0.25) is 0 Å². The number of aliphatic hydroxyl groups excluding tert-OH is 1. The predicted octanol–water partition coefficient (Wildman–Crippen LogP) is 2.35. The number of nitrogens with zero attached hydrogens (tertiary/aromatic N) is 1. The van der Waals surface area contributed by atoms with Crippen molar-refractivity contribution < 1.29 is 14.2 Å². The van der Waals surface area contributed by atoms with Gasteiger partial charge in [-0.3, -0.25) is 0 Å². The second kappa shape index (κ2) is 5.87. The number of fused-ring (bicyclic) bond motifs is 1. The Labute approximate surface area is 106 Å². The number of halogens is 1. The summed E-state index contributed by atoms with van der Waals surface area (Å²) in [6.07, 6.45) is 2.70. The number of hydrogen-bond donors (Lipinski definition) is 1. The Hall–Kier alpha value is -1.55. The van der Waals surface area contributed by atoms with E-state index in [1.807, 2.05) is 4.90 Å². The van der Waals surface area contributed by atoms with Gasteiger partial charge < -0.3 is 14.7 Å². The van der Waals surface area contributed by atoms with Crippen LogP contribution >= 0.6 is 0 Å². The summed E-state index contributed by atoms with van der Waals surface area (Å²) in [7, 11) is 0. The Balaban J connectivity index is 2.10. The van der Waals surface area contributed by atoms with E-state index in [0.29, 0.717) is 37.6 Å². The molecule has 18 heavy (non-hydrogen) atoms. The smallest absolute Gasteiger partial charge is 0.150 e. The maximum absolute atomic E-state index is 13.8. The van der Waals surface area contributed by atoms with Crippen LogP contribution < -0.4 is 9.64 Å². The molecule has 2 rings (SSSR count). The van der Waals surface area contributed by atoms with Gasteiger partial charge in [0.05, 0.1) is 12.6 Å². The molecule has 1 aliphatic heterocycles. The number of hydrogen-bond acceptors (Lipinski definition) is 3. The van der Waals surface area contributed by atoms with Crippen LogP contribution in [-0.4, -0.2) is 30.9 Å². The van der Waals surface area contributed by atoms with Crippen LogP contribution in [0.3, 0.4) is 0 Å². The molecule has 0 aliphatic carbocycles. The third-order valence-corrected chi connectivity index (χ3v) is 3.02. The Morgan fingerprint density at radius 3 is 3.17 bits per heavy atom. The molecule has 0 bridgehead atoms. The minimum absolute atomic E-state index is 0.303. The first-order chi connectivity index (χ1) is 8.72. The topological polar surface area (TPSA) is 32.7 Å². The average molecular weight is 251 g/mol. The highest BCUT2D eigenvalue weighted by atomic mass is 19.1. The van der Waals surface area contributed by atoms with Crippen molar-refractivity contribution in [1.29, 1.82) is 0 Å². The van der Waals surface area contributed by atoms with Gasteiger partial charge in [-0.05, 0) is 25.0 Å². The van der Waals surface area contributed by atoms with Crippen LogP contribution in [0.1, 0.15) is 12.8 Å². The zero-order chi connectivity index (χ0) is 13.0. The minimum Gasteiger partial charge on any atom is -0.489 e. The number of β-amino-alcohol motifs (C(OH)–C–C–N with tert-alkyl or cyclic N) is 1. The number of ether oxygens (including phenoxy) is 1. The van der Waals surface area contributed by atoms with Gasteiger partial charge in [-0.1, -0.05) is 12.1 Å². The fourth-order valence-electron chi connectivity index (χ4n) is 2.14. The molecule has 1 heterocycles. The summed E-state index contributed by atoms with van der Waals surface area (Å²) >= 11 is 0. The molecule has 3 nitrogen and oxygen atoms in total. The van der Waals surface area contributed by atoms with Crippen LogP contribution in [0, 0.1) is 5.82 Å². The largest absolute Gasteiger partial charge is 0.489 e. The molecule has 1 aliphatic rings. The van der Waals surface area contributed by atoms with Gasteiger partial charge in [-0.2, -0.15) is 0 Å². The highest BCUT2D eigenvalue weighted by molar-refractivity contribution is 5.60. The molecule has 0 spiro atoms. The van der Waals surface area contributed by atoms with Crippen molar-refractivity contribution in [2.24, 2.45) is 0 Å². The van der Waals surface area contributed by atoms with E-state index in [2.05, 4.69) is 6.58 Å². The molecule has 1 N–H and O–H groups in total. The summed E-state index contributed by atoms with van der Waals surface area (Å²) in [6.45, 7) is 5.16. The van der Waals surface area contributed by atoms with Crippen molar-refractivity contribution in [3.8, 4) is 5.75 Å². The summed E-state index contributed by atoms with van der Waals surface area (Å²) in [5.41, 5.74) is 0.460. The molecule has 0 amide bonds. The number of allylic oxidation sites excluding steroid dienone is 1. The molecular formula is C14H18FNO2. The van der Waals surface area contributed by atoms with Gasteiger partial charge in [-0.15, -0.1) is 6.58 Å². The number of anilines is 1. The fourth-order valence-corrected chi connectivity index (χ4v) is 2.14. The Morgan fingerprint density at radius 2 is 2.39 bits per heavy atom. The minimum atomic E-state index is -0.478. The zero-order valence-electron chi connectivity index (χ0n) is 10.3. The number of aliphatic hydroxyl groups is 1. The second-order valence-corrected chi connectivity index (χ2v) is 4.40. The lowest BCUT2D eigenvalue weighted by Gasteiger charge is -2.32. The molecule has 0 saturated carbocycles. The van der Waals surface area contributed by atoms with Gasteiger partial charge >= 0.3 is 0 Å². The summed E-state index contributed by atoms with van der Waals surface area (Å²) in [5.74, 6) is 0.250. The van der Waals surface area contributed by atoms with Gasteiger partial charge in [0.15, 0.2) is 0 Å². The number of benzene rings is 1. The third-order valence-electron chi connectivity index (χ3n) is 3.02. The lowest BCUT2D eigenvalue weighted by Crippen LogP contribution is -2.39. The molecule has 1 atom stereocenters. The standard InChI is InChI=1S/C14H18FNO2/c1-2-3-5-11(17)10-16-8-9-18-13-7-4-6-12(15)14(13)16/h2,4,6-7,11,17H,1,3,5,8-10H2. The van der Waals surface area contributed by atoms with Crippen LogP contribution in [0.4, 0.5) is 10.1 Å². The number of rotatable bonds is 5. The lowest BCUT2D eigenvalue weighted by molar-refractivity contribution is 0.167. The maximum atomic E-state index is 13.8. The van der Waals surface area contributed by atoms with Crippen molar-refractivity contribution >= 4 is 5.69 Å². The first-order valence-corrected chi connectivity index (χ1v) is 6.17. The Kier molecular flexibility index (Phi) is 4.20. The van der Waals surface area contributed by atoms with E-state index in [9.17, 15) is 9.50 Å². The molecule has 0 saturated heterocycles. The molecule has 1 aromatic rings. The van der Waals surface area contributed by atoms with Crippen LogP contribution in [0.15, 0.2) is 30.9 Å². The molecule has 98 valence electrons. The summed E-state index contributed by atoms with van der Waals surface area (Å²) in [4.78, 5) is 1.85. The monoisotopic (exact) mass is 251 g/mol. The Bertz CT molecular complexity index is 422. The highest BCUT2D eigenvalue weighted by Crippen LogP contribution is 2.34.